The summed E-state index contributed by atoms with van der Waals surface area (Å²) in [7, 11) is 4.95. The number of likely N-dealkylation sites (N-methyl/N-ethyl adjacent to an activating group) is 1. The fourth-order valence-corrected chi connectivity index (χ4v) is 13.3. The molecule has 10 atom stereocenters. The van der Waals surface area contributed by atoms with Crippen LogP contribution in [0.4, 0.5) is 5.69 Å². The predicted octanol–water partition coefficient (Wildman–Crippen LogP) is 2.89. The van der Waals surface area contributed by atoms with E-state index in [-0.39, 0.29) is 12.0 Å². The number of ether oxygens (including phenoxy) is 2. The quantitative estimate of drug-likeness (QED) is 0.113. The molecule has 2 bridgehead atoms. The first-order valence-corrected chi connectivity index (χ1v) is 21.3. The maximum Gasteiger partial charge on any atom is 0.322 e. The summed E-state index contributed by atoms with van der Waals surface area (Å²) in [4.78, 5) is 40.3. The van der Waals surface area contributed by atoms with E-state index in [1.165, 1.54) is 7.11 Å². The lowest BCUT2D eigenvalue weighted by Crippen LogP contribution is -2.82. The Morgan fingerprint density at radius 1 is 1.02 bits per heavy atom. The van der Waals surface area contributed by atoms with Gasteiger partial charge in [0.1, 0.15) is 17.3 Å². The number of aliphatic hydroxyl groups excluding tert-OH is 1. The minimum atomic E-state index is -2.24. The Bertz CT molecular complexity index is 2180. The molecule has 1 aromatic heterocycles. The van der Waals surface area contributed by atoms with Crippen molar-refractivity contribution in [1.82, 2.24) is 25.6 Å². The van der Waals surface area contributed by atoms with E-state index in [0.717, 1.165) is 46.5 Å². The van der Waals surface area contributed by atoms with Crippen molar-refractivity contribution in [2.75, 3.05) is 65.4 Å². The number of nitrogens with one attached hydrogen (secondary N) is 3. The first-order chi connectivity index (χ1) is 27.8. The molecule has 6 N–H and O–H groups in total. The van der Waals surface area contributed by atoms with E-state index in [1.807, 2.05) is 63.1 Å². The molecule has 1 amide bonds. The summed E-state index contributed by atoms with van der Waals surface area (Å²) in [5.41, 5.74) is 4.32. The standard InChI is InChI=1S/C45H60N6O7/c1-7-41(55)23-27-24-44(40(54)58-6,35-29(15-19-50(25-27)26-41)28-13-10-11-14-32(28)47-35)31-21-30-33(22-34(31)57-5)49(4)37-43(30)17-20-51-18-12-16-42(8-2,36(43)51)38(52)45(37,56)39(53)48-46-9-3/h10-14,16,21-22,27,36-38,46-47,52,55-56H,7-9,15,17-20,23-26H2,1-6H3,(H,48,53)/t27-,36-,37+,38+,41-,42+,43+,44-,45-/m0/s1. The van der Waals surface area contributed by atoms with E-state index in [2.05, 4.69) is 43.8 Å². The van der Waals surface area contributed by atoms with Crippen LogP contribution in [0, 0.1) is 11.3 Å². The second-order valence-corrected chi connectivity index (χ2v) is 18.1. The van der Waals surface area contributed by atoms with Gasteiger partial charge in [-0.1, -0.05) is 51.1 Å². The van der Waals surface area contributed by atoms with Gasteiger partial charge < -0.3 is 34.7 Å². The van der Waals surface area contributed by atoms with Crippen molar-refractivity contribution in [2.24, 2.45) is 11.3 Å². The van der Waals surface area contributed by atoms with E-state index < -0.39 is 51.5 Å². The molecule has 1 aliphatic carbocycles. The van der Waals surface area contributed by atoms with Crippen molar-refractivity contribution in [2.45, 2.75) is 99.5 Å². The SMILES string of the molecule is CCNNC(=O)[C@@]1(O)[C@H](O)[C@]2(CC)C=CCN3CC[C@@]4(c5cc([C@@]6(C(=O)OC)C[C@H]7CN(CCc8c6[nH]c6ccccc86)C[C@](O)(CC)C7)c(OC)cc5N(C)[C@@H]14)[C@@H]32. The average Bonchev–Trinajstić information content (AvgIpc) is 3.89. The molecular weight excluding hydrogens is 737 g/mol. The van der Waals surface area contributed by atoms with Gasteiger partial charge in [0.25, 0.3) is 5.91 Å². The lowest BCUT2D eigenvalue weighted by molar-refractivity contribution is -0.204. The number of rotatable bonds is 8. The highest BCUT2D eigenvalue weighted by atomic mass is 16.5. The number of aromatic amines is 1. The lowest BCUT2D eigenvalue weighted by Gasteiger charge is -2.63. The number of piperidine rings is 1. The predicted molar refractivity (Wildman–Crippen MR) is 221 cm³/mol. The molecule has 1 saturated carbocycles. The first kappa shape index (κ1) is 39.5. The van der Waals surface area contributed by atoms with Crippen LogP contribution < -0.4 is 20.5 Å². The molecule has 3 aromatic rings. The average molecular weight is 797 g/mol. The first-order valence-electron chi connectivity index (χ1n) is 21.3. The Kier molecular flexibility index (Phi) is 9.38. The number of anilines is 1. The summed E-state index contributed by atoms with van der Waals surface area (Å²) in [6.45, 7) is 9.74. The minimum Gasteiger partial charge on any atom is -0.496 e. The van der Waals surface area contributed by atoms with E-state index in [4.69, 9.17) is 9.47 Å². The van der Waals surface area contributed by atoms with Gasteiger partial charge in [0.2, 0.25) is 0 Å². The van der Waals surface area contributed by atoms with Crippen LogP contribution in [-0.4, -0.2) is 132 Å². The van der Waals surface area contributed by atoms with Crippen molar-refractivity contribution >= 4 is 28.5 Å². The molecule has 2 aromatic carbocycles. The normalized spacial score (nSPS) is 37.5. The molecule has 0 radical (unpaired) electrons. The molecule has 3 fully saturated rings. The van der Waals surface area contributed by atoms with E-state index in [0.29, 0.717) is 76.0 Å². The van der Waals surface area contributed by atoms with Gasteiger partial charge in [0.15, 0.2) is 5.60 Å². The summed E-state index contributed by atoms with van der Waals surface area (Å²) < 4.78 is 12.3. The zero-order valence-electron chi connectivity index (χ0n) is 34.7. The fourth-order valence-electron chi connectivity index (χ4n) is 13.3. The van der Waals surface area contributed by atoms with Gasteiger partial charge in [0.05, 0.1) is 25.9 Å². The van der Waals surface area contributed by atoms with Gasteiger partial charge in [-0.3, -0.25) is 24.8 Å². The highest BCUT2D eigenvalue weighted by Crippen LogP contribution is 2.67. The molecule has 13 heteroatoms. The summed E-state index contributed by atoms with van der Waals surface area (Å²) in [6, 6.07) is 11.1. The van der Waals surface area contributed by atoms with E-state index in [9.17, 15) is 20.1 Å². The summed E-state index contributed by atoms with van der Waals surface area (Å²) in [5.74, 6) is -0.702. The number of fused-ring (bicyclic) bond motifs is 6. The van der Waals surface area contributed by atoms with Crippen LogP contribution in [0.2, 0.25) is 0 Å². The molecule has 58 heavy (non-hydrogen) atoms. The van der Waals surface area contributed by atoms with Crippen molar-refractivity contribution in [3.63, 3.8) is 0 Å². The van der Waals surface area contributed by atoms with Crippen LogP contribution in [0.5, 0.6) is 5.75 Å². The third-order valence-electron chi connectivity index (χ3n) is 15.6. The summed E-state index contributed by atoms with van der Waals surface area (Å²) >= 11 is 0. The number of hydrazine groups is 1. The van der Waals surface area contributed by atoms with Gasteiger partial charge >= 0.3 is 5.97 Å². The smallest absolute Gasteiger partial charge is 0.322 e. The molecule has 312 valence electrons. The summed E-state index contributed by atoms with van der Waals surface area (Å²) in [5, 5.41) is 38.8. The van der Waals surface area contributed by atoms with Crippen LogP contribution in [0.15, 0.2) is 48.6 Å². The molecule has 1 unspecified atom stereocenters. The zero-order valence-corrected chi connectivity index (χ0v) is 34.7. The third-order valence-corrected chi connectivity index (χ3v) is 15.6. The van der Waals surface area contributed by atoms with Crippen LogP contribution in [0.3, 0.4) is 0 Å². The Labute approximate surface area is 340 Å². The van der Waals surface area contributed by atoms with Gasteiger partial charge in [-0.05, 0) is 74.2 Å². The number of esters is 1. The number of hydrogen-bond acceptors (Lipinski definition) is 11. The van der Waals surface area contributed by atoms with Crippen molar-refractivity contribution in [3.8, 4) is 5.75 Å². The Morgan fingerprint density at radius 3 is 2.53 bits per heavy atom. The topological polar surface area (TPSA) is 163 Å². The molecule has 5 aliphatic heterocycles. The number of amides is 1. The van der Waals surface area contributed by atoms with E-state index in [1.54, 1.807) is 7.11 Å². The molecule has 13 nitrogen and oxygen atoms in total. The molecule has 1 spiro atoms. The van der Waals surface area contributed by atoms with Gasteiger partial charge in [-0.25, -0.2) is 5.43 Å². The van der Waals surface area contributed by atoms with Crippen molar-refractivity contribution in [3.05, 3.63) is 70.9 Å². The molecule has 2 saturated heterocycles. The third kappa shape index (κ3) is 5.03. The number of H-pyrrole nitrogens is 1. The highest BCUT2D eigenvalue weighted by Gasteiger charge is 2.78. The number of carbonyl (C=O) groups excluding carboxylic acids is 2. The molecular formula is C45H60N6O7. The molecule has 9 rings (SSSR count). The Balaban J connectivity index is 1.35. The van der Waals surface area contributed by atoms with Crippen LogP contribution in [0.1, 0.15) is 75.3 Å². The number of carbonyl (C=O) groups is 2. The molecule has 6 heterocycles. The van der Waals surface area contributed by atoms with Gasteiger partial charge in [-0.15, -0.1) is 0 Å². The van der Waals surface area contributed by atoms with Crippen LogP contribution in [0.25, 0.3) is 10.9 Å². The maximum atomic E-state index is 15.3. The zero-order chi connectivity index (χ0) is 41.0. The summed E-state index contributed by atoms with van der Waals surface area (Å²) in [6.07, 6.45) is 5.92. The lowest BCUT2D eigenvalue weighted by atomic mass is 9.47. The number of benzene rings is 2. The number of aromatic nitrogens is 1. The highest BCUT2D eigenvalue weighted by molar-refractivity contribution is 5.95. The van der Waals surface area contributed by atoms with Gasteiger partial charge in [0, 0.05) is 90.6 Å². The van der Waals surface area contributed by atoms with Gasteiger partial charge in [-0.2, -0.15) is 0 Å². The second-order valence-electron chi connectivity index (χ2n) is 18.1. The Hall–Kier alpha value is -3.98. The number of aliphatic hydroxyl groups is 3. The number of hydrogen-bond donors (Lipinski definition) is 6. The maximum absolute atomic E-state index is 15.3. The van der Waals surface area contributed by atoms with Crippen LogP contribution >= 0.6 is 0 Å². The van der Waals surface area contributed by atoms with E-state index >= 15 is 4.79 Å². The largest absolute Gasteiger partial charge is 0.496 e. The van der Waals surface area contributed by atoms with Crippen molar-refractivity contribution < 1.29 is 34.4 Å². The minimum absolute atomic E-state index is 0.0791. The second kappa shape index (κ2) is 13.8. The monoisotopic (exact) mass is 796 g/mol. The van der Waals surface area contributed by atoms with Crippen molar-refractivity contribution in [1.29, 1.82) is 0 Å². The molecule has 6 aliphatic rings. The Morgan fingerprint density at radius 2 is 1.81 bits per heavy atom. The number of methoxy groups -OCH3 is 2. The fraction of sp³-hybridized carbons (Fsp3) is 0.600. The van der Waals surface area contributed by atoms with Crippen LogP contribution in [-0.2, 0) is 31.6 Å². The number of para-hydroxylation sites is 1. The number of nitrogens with zero attached hydrogens (tertiary/aromatic N) is 3.